The van der Waals surface area contributed by atoms with Gasteiger partial charge in [-0.15, -0.1) is 0 Å². The molecule has 1 aromatic carbocycles. The fourth-order valence-corrected chi connectivity index (χ4v) is 1.58. The van der Waals surface area contributed by atoms with Gasteiger partial charge < -0.3 is 4.90 Å². The van der Waals surface area contributed by atoms with Crippen molar-refractivity contribution < 1.29 is 0 Å². The first-order valence-corrected chi connectivity index (χ1v) is 4.95. The van der Waals surface area contributed by atoms with Crippen LogP contribution in [0.4, 0.5) is 5.69 Å². The third-order valence-corrected chi connectivity index (χ3v) is 2.42. The molecule has 0 bridgehead atoms. The van der Waals surface area contributed by atoms with E-state index in [9.17, 15) is 0 Å². The standard InChI is InChI=1S/C11H15N3/c1-14-9-5-8-11(14)13-12-10-6-3-2-4-7-10/h2-4,6-7,12H,5,8-9H2,1H3. The lowest BCUT2D eigenvalue weighted by Gasteiger charge is -2.11. The summed E-state index contributed by atoms with van der Waals surface area (Å²) in [7, 11) is 2.08. The Morgan fingerprint density at radius 1 is 1.29 bits per heavy atom. The van der Waals surface area contributed by atoms with E-state index in [-0.39, 0.29) is 0 Å². The molecule has 0 amide bonds. The van der Waals surface area contributed by atoms with Crippen molar-refractivity contribution in [3.63, 3.8) is 0 Å². The van der Waals surface area contributed by atoms with Gasteiger partial charge in [0, 0.05) is 20.0 Å². The number of benzene rings is 1. The van der Waals surface area contributed by atoms with Crippen LogP contribution in [0.25, 0.3) is 0 Å². The summed E-state index contributed by atoms with van der Waals surface area (Å²) in [6, 6.07) is 10.0. The molecule has 0 aliphatic carbocycles. The predicted octanol–water partition coefficient (Wildman–Crippen LogP) is 2.14. The van der Waals surface area contributed by atoms with E-state index in [0.29, 0.717) is 0 Å². The van der Waals surface area contributed by atoms with Gasteiger partial charge in [0.15, 0.2) is 0 Å². The quantitative estimate of drug-likeness (QED) is 0.722. The van der Waals surface area contributed by atoms with E-state index < -0.39 is 0 Å². The summed E-state index contributed by atoms with van der Waals surface area (Å²) in [6.07, 6.45) is 2.29. The zero-order valence-electron chi connectivity index (χ0n) is 8.40. The van der Waals surface area contributed by atoms with Crippen molar-refractivity contribution in [1.29, 1.82) is 0 Å². The molecule has 1 aromatic rings. The first-order chi connectivity index (χ1) is 6.86. The first kappa shape index (κ1) is 9.06. The molecular weight excluding hydrogens is 174 g/mol. The average molecular weight is 189 g/mol. The number of amidine groups is 1. The molecule has 0 aromatic heterocycles. The molecule has 2 rings (SSSR count). The van der Waals surface area contributed by atoms with Crippen LogP contribution < -0.4 is 5.43 Å². The van der Waals surface area contributed by atoms with E-state index >= 15 is 0 Å². The zero-order chi connectivity index (χ0) is 9.80. The summed E-state index contributed by atoms with van der Waals surface area (Å²) in [6.45, 7) is 1.12. The maximum atomic E-state index is 4.37. The lowest BCUT2D eigenvalue weighted by Crippen LogP contribution is -2.20. The molecule has 1 N–H and O–H groups in total. The Morgan fingerprint density at radius 2 is 2.07 bits per heavy atom. The van der Waals surface area contributed by atoms with E-state index in [1.54, 1.807) is 0 Å². The van der Waals surface area contributed by atoms with Crippen LogP contribution in [0.15, 0.2) is 35.4 Å². The van der Waals surface area contributed by atoms with Crippen molar-refractivity contribution in [2.24, 2.45) is 5.10 Å². The zero-order valence-corrected chi connectivity index (χ0v) is 8.40. The number of hydrogen-bond acceptors (Lipinski definition) is 2. The fraction of sp³-hybridized carbons (Fsp3) is 0.364. The second kappa shape index (κ2) is 4.13. The molecule has 1 saturated heterocycles. The highest BCUT2D eigenvalue weighted by atomic mass is 15.4. The number of para-hydroxylation sites is 1. The second-order valence-corrected chi connectivity index (χ2v) is 3.53. The van der Waals surface area contributed by atoms with Crippen LogP contribution in [0, 0.1) is 0 Å². The molecule has 1 heterocycles. The van der Waals surface area contributed by atoms with Crippen molar-refractivity contribution in [1.82, 2.24) is 4.90 Å². The Kier molecular flexibility index (Phi) is 2.68. The number of nitrogens with zero attached hydrogens (tertiary/aromatic N) is 2. The predicted molar refractivity (Wildman–Crippen MR) is 59.4 cm³/mol. The summed E-state index contributed by atoms with van der Waals surface area (Å²) in [5.74, 6) is 1.15. The number of anilines is 1. The highest BCUT2D eigenvalue weighted by molar-refractivity contribution is 5.84. The maximum absolute atomic E-state index is 4.37. The van der Waals surface area contributed by atoms with Gasteiger partial charge in [0.2, 0.25) is 0 Å². The van der Waals surface area contributed by atoms with Crippen LogP contribution in [0.5, 0.6) is 0 Å². The minimum atomic E-state index is 1.04. The number of hydrogen-bond donors (Lipinski definition) is 1. The van der Waals surface area contributed by atoms with Gasteiger partial charge in [0.05, 0.1) is 5.69 Å². The summed E-state index contributed by atoms with van der Waals surface area (Å²) in [4.78, 5) is 2.19. The van der Waals surface area contributed by atoms with Crippen LogP contribution in [0.1, 0.15) is 12.8 Å². The Hall–Kier alpha value is -1.51. The smallest absolute Gasteiger partial charge is 0.125 e. The Bertz CT molecular complexity index is 319. The molecule has 74 valence electrons. The van der Waals surface area contributed by atoms with Gasteiger partial charge in [0.25, 0.3) is 0 Å². The van der Waals surface area contributed by atoms with Gasteiger partial charge in [-0.05, 0) is 18.6 Å². The molecule has 0 spiro atoms. The lowest BCUT2D eigenvalue weighted by molar-refractivity contribution is 0.549. The van der Waals surface area contributed by atoms with Crippen molar-refractivity contribution in [2.45, 2.75) is 12.8 Å². The van der Waals surface area contributed by atoms with Gasteiger partial charge in [0.1, 0.15) is 5.84 Å². The minimum Gasteiger partial charge on any atom is -0.362 e. The minimum absolute atomic E-state index is 1.04. The third-order valence-electron chi connectivity index (χ3n) is 2.42. The Labute approximate surface area is 84.4 Å². The molecule has 0 radical (unpaired) electrons. The van der Waals surface area contributed by atoms with Gasteiger partial charge >= 0.3 is 0 Å². The molecule has 1 aliphatic rings. The van der Waals surface area contributed by atoms with Crippen molar-refractivity contribution in [3.05, 3.63) is 30.3 Å². The van der Waals surface area contributed by atoms with Gasteiger partial charge in [-0.25, -0.2) is 0 Å². The first-order valence-electron chi connectivity index (χ1n) is 4.95. The molecule has 0 saturated carbocycles. The summed E-state index contributed by atoms with van der Waals surface area (Å²) in [5.41, 5.74) is 4.11. The van der Waals surface area contributed by atoms with Crippen LogP contribution in [0.2, 0.25) is 0 Å². The maximum Gasteiger partial charge on any atom is 0.125 e. The monoisotopic (exact) mass is 189 g/mol. The van der Waals surface area contributed by atoms with E-state index in [1.165, 1.54) is 6.42 Å². The Balaban J connectivity index is 1.99. The van der Waals surface area contributed by atoms with Crippen molar-refractivity contribution in [3.8, 4) is 0 Å². The average Bonchev–Trinajstić information content (AvgIpc) is 2.63. The SMILES string of the molecule is CN1CCCC1=NNc1ccccc1. The topological polar surface area (TPSA) is 27.6 Å². The molecule has 14 heavy (non-hydrogen) atoms. The summed E-state index contributed by atoms with van der Waals surface area (Å²) in [5, 5.41) is 4.37. The molecular formula is C11H15N3. The molecule has 0 atom stereocenters. The van der Waals surface area contributed by atoms with Crippen LogP contribution in [0.3, 0.4) is 0 Å². The molecule has 1 fully saturated rings. The molecule has 0 unspecified atom stereocenters. The summed E-state index contributed by atoms with van der Waals surface area (Å²) < 4.78 is 0. The van der Waals surface area contributed by atoms with E-state index in [2.05, 4.69) is 22.5 Å². The van der Waals surface area contributed by atoms with Crippen LogP contribution in [-0.4, -0.2) is 24.3 Å². The number of nitrogens with one attached hydrogen (secondary N) is 1. The summed E-state index contributed by atoms with van der Waals surface area (Å²) >= 11 is 0. The highest BCUT2D eigenvalue weighted by Crippen LogP contribution is 2.10. The fourth-order valence-electron chi connectivity index (χ4n) is 1.58. The molecule has 1 aliphatic heterocycles. The number of likely N-dealkylation sites (tertiary alicyclic amines) is 1. The van der Waals surface area contributed by atoms with E-state index in [4.69, 9.17) is 0 Å². The van der Waals surface area contributed by atoms with Crippen molar-refractivity contribution >= 4 is 11.5 Å². The molecule has 3 nitrogen and oxygen atoms in total. The van der Waals surface area contributed by atoms with Gasteiger partial charge in [-0.2, -0.15) is 5.10 Å². The van der Waals surface area contributed by atoms with Crippen molar-refractivity contribution in [2.75, 3.05) is 19.0 Å². The van der Waals surface area contributed by atoms with Crippen LogP contribution in [-0.2, 0) is 0 Å². The second-order valence-electron chi connectivity index (χ2n) is 3.53. The largest absolute Gasteiger partial charge is 0.362 e. The lowest BCUT2D eigenvalue weighted by atomic mass is 10.3. The number of rotatable bonds is 2. The molecule has 3 heteroatoms. The van der Waals surface area contributed by atoms with E-state index in [0.717, 1.165) is 24.5 Å². The Morgan fingerprint density at radius 3 is 2.71 bits per heavy atom. The highest BCUT2D eigenvalue weighted by Gasteiger charge is 2.13. The van der Waals surface area contributed by atoms with E-state index in [1.807, 2.05) is 30.3 Å². The van der Waals surface area contributed by atoms with Gasteiger partial charge in [-0.3, -0.25) is 5.43 Å². The normalized spacial score (nSPS) is 18.9. The number of hydrazone groups is 1. The van der Waals surface area contributed by atoms with Gasteiger partial charge in [-0.1, -0.05) is 18.2 Å². The van der Waals surface area contributed by atoms with Crippen LogP contribution >= 0.6 is 0 Å². The third kappa shape index (κ3) is 2.05.